The first-order chi connectivity index (χ1) is 5.22. The van der Waals surface area contributed by atoms with Crippen LogP contribution < -0.4 is 0 Å². The van der Waals surface area contributed by atoms with Crippen molar-refractivity contribution < 1.29 is 9.53 Å². The number of rotatable bonds is 1. The highest BCUT2D eigenvalue weighted by atomic mass is 79.9. The molecular formula is C7H6BrClO2. The fourth-order valence-corrected chi connectivity index (χ4v) is 0.603. The van der Waals surface area contributed by atoms with Crippen molar-refractivity contribution in [3.8, 4) is 11.8 Å². The number of alkyl halides is 1. The summed E-state index contributed by atoms with van der Waals surface area (Å²) in [6, 6.07) is 0. The van der Waals surface area contributed by atoms with Crippen LogP contribution in [0, 0.1) is 11.8 Å². The lowest BCUT2D eigenvalue weighted by Crippen LogP contribution is -1.98. The Balaban J connectivity index is 4.11. The number of allylic oxidation sites excluding steroid dienone is 1. The van der Waals surface area contributed by atoms with Crippen molar-refractivity contribution in [2.24, 2.45) is 0 Å². The number of carbonyl (C=O) groups excluding carboxylic acids is 1. The Morgan fingerprint density at radius 1 is 1.82 bits per heavy atom. The molecule has 4 heteroatoms. The van der Waals surface area contributed by atoms with Crippen LogP contribution in [0.2, 0.25) is 0 Å². The molecular weight excluding hydrogens is 231 g/mol. The zero-order chi connectivity index (χ0) is 8.69. The van der Waals surface area contributed by atoms with Gasteiger partial charge in [-0.3, -0.25) is 0 Å². The molecule has 60 valence electrons. The minimum Gasteiger partial charge on any atom is -0.465 e. The number of halogens is 2. The highest BCUT2D eigenvalue weighted by Gasteiger charge is 2.02. The fourth-order valence-electron chi connectivity index (χ4n) is 0.309. The Kier molecular flexibility index (Phi) is 6.00. The quantitative estimate of drug-likeness (QED) is 0.300. The number of esters is 1. The van der Waals surface area contributed by atoms with E-state index >= 15 is 0 Å². The van der Waals surface area contributed by atoms with E-state index in [1.807, 2.05) is 0 Å². The molecule has 0 aromatic carbocycles. The summed E-state index contributed by atoms with van der Waals surface area (Å²) in [4.78, 5) is 10.6. The Hall–Kier alpha value is -0.460. The summed E-state index contributed by atoms with van der Waals surface area (Å²) < 4.78 is 4.32. The maximum atomic E-state index is 10.6. The molecule has 0 rings (SSSR count). The Labute approximate surface area is 78.7 Å². The summed E-state index contributed by atoms with van der Waals surface area (Å²) >= 11 is 8.53. The molecule has 0 saturated heterocycles. The van der Waals surface area contributed by atoms with E-state index in [1.165, 1.54) is 13.2 Å². The van der Waals surface area contributed by atoms with E-state index < -0.39 is 5.97 Å². The lowest BCUT2D eigenvalue weighted by atomic mass is 10.5. The van der Waals surface area contributed by atoms with Crippen molar-refractivity contribution in [1.82, 2.24) is 0 Å². The summed E-state index contributed by atoms with van der Waals surface area (Å²) in [7, 11) is 1.26. The first kappa shape index (κ1) is 10.5. The van der Waals surface area contributed by atoms with Gasteiger partial charge in [0.2, 0.25) is 0 Å². The molecule has 0 radical (unpaired) electrons. The van der Waals surface area contributed by atoms with Crippen LogP contribution in [0.15, 0.2) is 11.1 Å². The normalized spacial score (nSPS) is 9.91. The topological polar surface area (TPSA) is 26.3 Å². The Morgan fingerprint density at radius 2 is 2.45 bits per heavy atom. The molecule has 0 aliphatic heterocycles. The van der Waals surface area contributed by atoms with Gasteiger partial charge in [0.15, 0.2) is 0 Å². The molecule has 0 atom stereocenters. The van der Waals surface area contributed by atoms with Gasteiger partial charge in [-0.2, -0.15) is 0 Å². The van der Waals surface area contributed by atoms with E-state index in [0.29, 0.717) is 5.33 Å². The van der Waals surface area contributed by atoms with E-state index in [9.17, 15) is 4.79 Å². The fraction of sp³-hybridized carbons (Fsp3) is 0.286. The van der Waals surface area contributed by atoms with Gasteiger partial charge in [0, 0.05) is 6.08 Å². The van der Waals surface area contributed by atoms with Crippen molar-refractivity contribution in [2.75, 3.05) is 12.4 Å². The van der Waals surface area contributed by atoms with Crippen LogP contribution in [0.5, 0.6) is 0 Å². The van der Waals surface area contributed by atoms with E-state index in [1.54, 1.807) is 0 Å². The lowest BCUT2D eigenvalue weighted by molar-refractivity contribution is -0.135. The van der Waals surface area contributed by atoms with Gasteiger partial charge in [-0.25, -0.2) is 4.79 Å². The first-order valence-electron chi connectivity index (χ1n) is 2.70. The third-order valence-corrected chi connectivity index (χ3v) is 1.29. The molecule has 0 aromatic heterocycles. The van der Waals surface area contributed by atoms with Crippen LogP contribution in [0.4, 0.5) is 0 Å². The maximum absolute atomic E-state index is 10.6. The number of methoxy groups -OCH3 is 1. The molecule has 0 saturated carbocycles. The van der Waals surface area contributed by atoms with Gasteiger partial charge in [0.1, 0.15) is 5.03 Å². The average Bonchev–Trinajstić information content (AvgIpc) is 2.03. The third-order valence-electron chi connectivity index (χ3n) is 0.748. The number of hydrogen-bond donors (Lipinski definition) is 0. The molecule has 11 heavy (non-hydrogen) atoms. The molecule has 0 N–H and O–H groups in total. The SMILES string of the molecule is COC(=O)/C(Cl)=C/C#CCBr. The number of ether oxygens (including phenoxy) is 1. The molecule has 0 fully saturated rings. The van der Waals surface area contributed by atoms with E-state index in [-0.39, 0.29) is 5.03 Å². The first-order valence-corrected chi connectivity index (χ1v) is 4.20. The molecule has 0 amide bonds. The van der Waals surface area contributed by atoms with Crippen molar-refractivity contribution in [1.29, 1.82) is 0 Å². The van der Waals surface area contributed by atoms with Crippen LogP contribution in [0.3, 0.4) is 0 Å². The summed E-state index contributed by atoms with van der Waals surface area (Å²) in [5.74, 6) is 4.64. The standard InChI is InChI=1S/C7H6BrClO2/c1-11-7(10)6(9)4-2-3-5-8/h4H,5H2,1H3/b6-4-. The van der Waals surface area contributed by atoms with Crippen LogP contribution in [-0.2, 0) is 9.53 Å². The summed E-state index contributed by atoms with van der Waals surface area (Å²) in [6.07, 6.45) is 1.30. The summed E-state index contributed by atoms with van der Waals surface area (Å²) in [6.45, 7) is 0. The predicted octanol–water partition coefficient (Wildman–Crippen LogP) is 1.68. The van der Waals surface area contributed by atoms with Gasteiger partial charge in [0.05, 0.1) is 12.4 Å². The molecule has 0 spiro atoms. The van der Waals surface area contributed by atoms with Crippen molar-refractivity contribution in [3.63, 3.8) is 0 Å². The zero-order valence-corrected chi connectivity index (χ0v) is 8.20. The van der Waals surface area contributed by atoms with Crippen molar-refractivity contribution in [2.45, 2.75) is 0 Å². The van der Waals surface area contributed by atoms with Gasteiger partial charge < -0.3 is 4.74 Å². The predicted molar refractivity (Wildman–Crippen MR) is 47.5 cm³/mol. The second kappa shape index (κ2) is 6.26. The zero-order valence-electron chi connectivity index (χ0n) is 5.86. The van der Waals surface area contributed by atoms with Crippen LogP contribution >= 0.6 is 27.5 Å². The van der Waals surface area contributed by atoms with Gasteiger partial charge in [-0.15, -0.1) is 0 Å². The van der Waals surface area contributed by atoms with Crippen molar-refractivity contribution in [3.05, 3.63) is 11.1 Å². The molecule has 0 aromatic rings. The number of hydrogen-bond acceptors (Lipinski definition) is 2. The second-order valence-corrected chi connectivity index (χ2v) is 2.41. The van der Waals surface area contributed by atoms with Gasteiger partial charge in [0.25, 0.3) is 0 Å². The van der Waals surface area contributed by atoms with E-state index in [4.69, 9.17) is 11.6 Å². The molecule has 0 aliphatic carbocycles. The van der Waals surface area contributed by atoms with E-state index in [0.717, 1.165) is 0 Å². The largest absolute Gasteiger partial charge is 0.465 e. The van der Waals surface area contributed by atoms with Crippen molar-refractivity contribution >= 4 is 33.5 Å². The molecule has 0 heterocycles. The van der Waals surface area contributed by atoms with Crippen LogP contribution in [0.1, 0.15) is 0 Å². The highest BCUT2D eigenvalue weighted by Crippen LogP contribution is 2.01. The van der Waals surface area contributed by atoms with E-state index in [2.05, 4.69) is 32.5 Å². The lowest BCUT2D eigenvalue weighted by Gasteiger charge is -1.91. The molecule has 0 unspecified atom stereocenters. The second-order valence-electron chi connectivity index (χ2n) is 1.44. The Morgan fingerprint density at radius 3 is 2.91 bits per heavy atom. The van der Waals surface area contributed by atoms with Gasteiger partial charge in [-0.1, -0.05) is 39.4 Å². The minimum atomic E-state index is -0.574. The molecule has 2 nitrogen and oxygen atoms in total. The average molecular weight is 237 g/mol. The van der Waals surface area contributed by atoms with Crippen LogP contribution in [-0.4, -0.2) is 18.4 Å². The molecule has 0 bridgehead atoms. The minimum absolute atomic E-state index is 0.0130. The highest BCUT2D eigenvalue weighted by molar-refractivity contribution is 9.09. The summed E-state index contributed by atoms with van der Waals surface area (Å²) in [5.41, 5.74) is 0. The molecule has 0 aliphatic rings. The monoisotopic (exact) mass is 236 g/mol. The van der Waals surface area contributed by atoms with Crippen LogP contribution in [0.25, 0.3) is 0 Å². The summed E-state index contributed by atoms with van der Waals surface area (Å²) in [5, 5.41) is 0.537. The number of carbonyl (C=O) groups is 1. The van der Waals surface area contributed by atoms with Gasteiger partial charge >= 0.3 is 5.97 Å². The maximum Gasteiger partial charge on any atom is 0.350 e. The Bertz CT molecular complexity index is 224. The smallest absolute Gasteiger partial charge is 0.350 e. The third kappa shape index (κ3) is 4.88. The van der Waals surface area contributed by atoms with Gasteiger partial charge in [-0.05, 0) is 0 Å².